The maximum Gasteiger partial charge on any atom is 0.410 e. The van der Waals surface area contributed by atoms with Gasteiger partial charge >= 0.3 is 6.09 Å². The van der Waals surface area contributed by atoms with E-state index >= 15 is 0 Å². The molecule has 11 nitrogen and oxygen atoms in total. The second-order valence-corrected chi connectivity index (χ2v) is 10.7. The summed E-state index contributed by atoms with van der Waals surface area (Å²) in [7, 11) is 1.90. The van der Waals surface area contributed by atoms with E-state index in [-0.39, 0.29) is 18.2 Å². The van der Waals surface area contributed by atoms with Gasteiger partial charge in [-0.3, -0.25) is 4.98 Å². The average molecular weight is 514 g/mol. The molecule has 2 fully saturated rings. The Bertz CT molecular complexity index is 1480. The number of benzene rings is 1. The molecule has 38 heavy (non-hydrogen) atoms. The Morgan fingerprint density at radius 2 is 1.92 bits per heavy atom. The van der Waals surface area contributed by atoms with Gasteiger partial charge < -0.3 is 25.2 Å². The second-order valence-electron chi connectivity index (χ2n) is 10.7. The van der Waals surface area contributed by atoms with Crippen molar-refractivity contribution in [3.05, 3.63) is 55.1 Å². The third-order valence-electron chi connectivity index (χ3n) is 6.92. The number of likely N-dealkylation sites (tertiary alicyclic amines) is 1. The van der Waals surface area contributed by atoms with Crippen molar-refractivity contribution in [1.82, 2.24) is 29.6 Å². The molecule has 3 aromatic heterocycles. The number of piperazine rings is 1. The number of ether oxygens (including phenoxy) is 1. The number of carbonyl (C=O) groups excluding carboxylic acids is 1. The Kier molecular flexibility index (Phi) is 5.77. The molecule has 2 bridgehead atoms. The molecule has 2 aliphatic heterocycles. The number of nitrogens with one attached hydrogen (secondary N) is 2. The Balaban J connectivity index is 1.30. The van der Waals surface area contributed by atoms with Crippen LogP contribution in [0.25, 0.3) is 16.6 Å². The van der Waals surface area contributed by atoms with Crippen LogP contribution in [0.2, 0.25) is 0 Å². The van der Waals surface area contributed by atoms with E-state index in [2.05, 4.69) is 42.6 Å². The number of nitrogens with zero attached hydrogens (tertiary/aromatic N) is 7. The number of anilines is 4. The summed E-state index contributed by atoms with van der Waals surface area (Å²) in [6.07, 6.45) is 7.43. The Hall–Kier alpha value is -4.41. The predicted molar refractivity (Wildman–Crippen MR) is 146 cm³/mol. The standard InChI is InChI=1S/C27H31N9O2/c1-27(2,3)38-26(37)35-16-19-12-20(35)15-34(19)24-13-18(7-8-31-24)36-22-11-17(28-4)5-6-21(22)25(33-36)32-23-14-29-9-10-30-23/h5-11,13-14,19-20,28H,12,15-16H2,1-4H3,(H,30,32,33)/t19-,20-/m0/s1. The van der Waals surface area contributed by atoms with Crippen LogP contribution in [0.5, 0.6) is 0 Å². The van der Waals surface area contributed by atoms with Crippen LogP contribution < -0.4 is 15.5 Å². The number of hydrogen-bond donors (Lipinski definition) is 2. The average Bonchev–Trinajstić information content (AvgIpc) is 3.61. The molecule has 0 aliphatic carbocycles. The third-order valence-corrected chi connectivity index (χ3v) is 6.92. The highest BCUT2D eigenvalue weighted by atomic mass is 16.6. The molecule has 6 rings (SSSR count). The minimum absolute atomic E-state index is 0.117. The van der Waals surface area contributed by atoms with Crippen LogP contribution in [-0.4, -0.2) is 73.5 Å². The molecule has 0 spiro atoms. The fourth-order valence-corrected chi connectivity index (χ4v) is 5.23. The predicted octanol–water partition coefficient (Wildman–Crippen LogP) is 4.19. The monoisotopic (exact) mass is 513 g/mol. The van der Waals surface area contributed by atoms with Gasteiger partial charge in [0.05, 0.1) is 29.5 Å². The van der Waals surface area contributed by atoms with E-state index in [9.17, 15) is 4.79 Å². The summed E-state index contributed by atoms with van der Waals surface area (Å²) >= 11 is 0. The van der Waals surface area contributed by atoms with Crippen molar-refractivity contribution in [3.8, 4) is 5.69 Å². The molecule has 5 heterocycles. The van der Waals surface area contributed by atoms with E-state index in [1.165, 1.54) is 0 Å². The molecule has 0 saturated carbocycles. The molecule has 2 atom stereocenters. The third kappa shape index (κ3) is 4.44. The van der Waals surface area contributed by atoms with E-state index in [0.29, 0.717) is 18.2 Å². The summed E-state index contributed by atoms with van der Waals surface area (Å²) in [5.41, 5.74) is 2.32. The second kappa shape index (κ2) is 9.16. The molecule has 196 valence electrons. The maximum atomic E-state index is 12.7. The van der Waals surface area contributed by atoms with Gasteiger partial charge in [0.2, 0.25) is 0 Å². The molecule has 2 saturated heterocycles. The summed E-state index contributed by atoms with van der Waals surface area (Å²) in [5, 5.41) is 12.4. The quantitative estimate of drug-likeness (QED) is 0.405. The lowest BCUT2D eigenvalue weighted by Gasteiger charge is -2.35. The lowest BCUT2D eigenvalue weighted by atomic mass is 10.2. The van der Waals surface area contributed by atoms with Gasteiger partial charge in [-0.2, -0.15) is 0 Å². The summed E-state index contributed by atoms with van der Waals surface area (Å²) in [5.74, 6) is 2.18. The lowest BCUT2D eigenvalue weighted by molar-refractivity contribution is 0.0214. The molecule has 0 radical (unpaired) electrons. The summed E-state index contributed by atoms with van der Waals surface area (Å²) in [6.45, 7) is 7.05. The topological polar surface area (TPSA) is 113 Å². The summed E-state index contributed by atoms with van der Waals surface area (Å²) in [4.78, 5) is 30.0. The molecular weight excluding hydrogens is 482 g/mol. The fraction of sp³-hybridized carbons (Fsp3) is 0.370. The summed E-state index contributed by atoms with van der Waals surface area (Å²) < 4.78 is 7.54. The molecule has 4 aromatic rings. The number of carbonyl (C=O) groups is 1. The van der Waals surface area contributed by atoms with Gasteiger partial charge in [0, 0.05) is 55.9 Å². The first-order valence-corrected chi connectivity index (χ1v) is 12.8. The van der Waals surface area contributed by atoms with Crippen LogP contribution in [-0.2, 0) is 4.74 Å². The van der Waals surface area contributed by atoms with Crippen LogP contribution in [0.1, 0.15) is 27.2 Å². The number of rotatable bonds is 5. The molecule has 0 unspecified atom stereocenters. The van der Waals surface area contributed by atoms with Crippen LogP contribution >= 0.6 is 0 Å². The Labute approximate surface area is 220 Å². The normalized spacial score (nSPS) is 18.7. The molecule has 11 heteroatoms. The van der Waals surface area contributed by atoms with Crippen molar-refractivity contribution in [3.63, 3.8) is 0 Å². The first-order valence-electron chi connectivity index (χ1n) is 12.8. The van der Waals surface area contributed by atoms with E-state index < -0.39 is 5.60 Å². The van der Waals surface area contributed by atoms with Crippen LogP contribution in [0.3, 0.4) is 0 Å². The van der Waals surface area contributed by atoms with E-state index in [1.807, 2.05) is 61.8 Å². The number of fused-ring (bicyclic) bond motifs is 3. The zero-order chi connectivity index (χ0) is 26.4. The van der Waals surface area contributed by atoms with Gasteiger partial charge in [-0.1, -0.05) is 0 Å². The van der Waals surface area contributed by atoms with E-state index in [1.54, 1.807) is 18.6 Å². The number of pyridine rings is 1. The number of aromatic nitrogens is 5. The highest BCUT2D eigenvalue weighted by Crippen LogP contribution is 2.36. The van der Waals surface area contributed by atoms with Crippen molar-refractivity contribution in [1.29, 1.82) is 0 Å². The SMILES string of the molecule is CNc1ccc2c(Nc3cnccn3)nn(-c3ccnc(N4C[C@@H]5C[C@H]4CN5C(=O)OC(C)(C)C)c3)c2c1. The van der Waals surface area contributed by atoms with E-state index in [0.717, 1.165) is 41.1 Å². The van der Waals surface area contributed by atoms with Gasteiger partial charge in [0.15, 0.2) is 5.82 Å². The van der Waals surface area contributed by atoms with E-state index in [4.69, 9.17) is 9.84 Å². The van der Waals surface area contributed by atoms with Crippen LogP contribution in [0.15, 0.2) is 55.1 Å². The van der Waals surface area contributed by atoms with Gasteiger partial charge in [0.1, 0.15) is 17.2 Å². The number of amides is 1. The summed E-state index contributed by atoms with van der Waals surface area (Å²) in [6, 6.07) is 10.5. The largest absolute Gasteiger partial charge is 0.444 e. The minimum Gasteiger partial charge on any atom is -0.444 e. The van der Waals surface area contributed by atoms with Crippen molar-refractivity contribution >= 4 is 40.1 Å². The molecule has 1 amide bonds. The minimum atomic E-state index is -0.505. The molecular formula is C27H31N9O2. The van der Waals surface area contributed by atoms with Crippen LogP contribution in [0, 0.1) is 0 Å². The molecule has 2 N–H and O–H groups in total. The Morgan fingerprint density at radius 1 is 1.05 bits per heavy atom. The van der Waals surface area contributed by atoms with Crippen molar-refractivity contribution in [2.45, 2.75) is 44.9 Å². The molecule has 2 aliphatic rings. The number of hydrogen-bond acceptors (Lipinski definition) is 9. The zero-order valence-corrected chi connectivity index (χ0v) is 21.9. The lowest BCUT2D eigenvalue weighted by Crippen LogP contribution is -2.50. The first kappa shape index (κ1) is 24.0. The van der Waals surface area contributed by atoms with Crippen LogP contribution in [0.4, 0.5) is 27.9 Å². The van der Waals surface area contributed by atoms with Gasteiger partial charge in [-0.05, 0) is 51.5 Å². The zero-order valence-electron chi connectivity index (χ0n) is 21.9. The van der Waals surface area contributed by atoms with Gasteiger partial charge in [-0.15, -0.1) is 5.10 Å². The highest BCUT2D eigenvalue weighted by Gasteiger charge is 2.47. The van der Waals surface area contributed by atoms with Crippen molar-refractivity contribution < 1.29 is 9.53 Å². The Morgan fingerprint density at radius 3 is 2.63 bits per heavy atom. The van der Waals surface area contributed by atoms with Crippen molar-refractivity contribution in [2.24, 2.45) is 0 Å². The highest BCUT2D eigenvalue weighted by molar-refractivity contribution is 5.94. The fourth-order valence-electron chi connectivity index (χ4n) is 5.23. The smallest absolute Gasteiger partial charge is 0.410 e. The van der Waals surface area contributed by atoms with Gasteiger partial charge in [0.25, 0.3) is 0 Å². The van der Waals surface area contributed by atoms with Gasteiger partial charge in [-0.25, -0.2) is 19.4 Å². The van der Waals surface area contributed by atoms with Crippen molar-refractivity contribution in [2.75, 3.05) is 35.7 Å². The maximum absolute atomic E-state index is 12.7. The first-order chi connectivity index (χ1) is 18.3. The molecule has 1 aromatic carbocycles.